The van der Waals surface area contributed by atoms with E-state index in [1.807, 2.05) is 43.0 Å². The van der Waals surface area contributed by atoms with Gasteiger partial charge in [-0.3, -0.25) is 4.79 Å². The molecule has 2 heterocycles. The van der Waals surface area contributed by atoms with Crippen molar-refractivity contribution in [3.05, 3.63) is 46.8 Å². The molecule has 1 aliphatic heterocycles. The van der Waals surface area contributed by atoms with Gasteiger partial charge in [0.2, 0.25) is 0 Å². The van der Waals surface area contributed by atoms with Crippen molar-refractivity contribution in [3.63, 3.8) is 0 Å². The van der Waals surface area contributed by atoms with E-state index in [9.17, 15) is 4.79 Å². The van der Waals surface area contributed by atoms with Crippen molar-refractivity contribution >= 4 is 5.91 Å². The molecule has 116 valence electrons. The second-order valence-electron chi connectivity index (χ2n) is 5.67. The zero-order valence-corrected chi connectivity index (χ0v) is 13.1. The first-order chi connectivity index (χ1) is 10.6. The summed E-state index contributed by atoms with van der Waals surface area (Å²) >= 11 is 0. The number of benzene rings is 1. The molecule has 1 amide bonds. The Kier molecular flexibility index (Phi) is 3.88. The molecule has 5 nitrogen and oxygen atoms in total. The number of ether oxygens (including phenoxy) is 1. The van der Waals surface area contributed by atoms with Crippen LogP contribution in [0.25, 0.3) is 0 Å². The van der Waals surface area contributed by atoms with E-state index in [0.29, 0.717) is 11.3 Å². The second-order valence-corrected chi connectivity index (χ2v) is 5.67. The van der Waals surface area contributed by atoms with Gasteiger partial charge in [-0.2, -0.15) is 0 Å². The molecular weight excluding hydrogens is 280 g/mol. The summed E-state index contributed by atoms with van der Waals surface area (Å²) in [7, 11) is 1.59. The van der Waals surface area contributed by atoms with Gasteiger partial charge in [0.25, 0.3) is 5.91 Å². The largest absolute Gasteiger partial charge is 0.496 e. The number of rotatable bonds is 3. The number of methoxy groups -OCH3 is 1. The van der Waals surface area contributed by atoms with E-state index in [1.54, 1.807) is 7.11 Å². The Balaban J connectivity index is 1.95. The molecule has 22 heavy (non-hydrogen) atoms. The van der Waals surface area contributed by atoms with Gasteiger partial charge in [-0.1, -0.05) is 17.3 Å². The maximum atomic E-state index is 13.0. The Bertz CT molecular complexity index is 693. The number of amides is 1. The van der Waals surface area contributed by atoms with Crippen molar-refractivity contribution in [1.82, 2.24) is 10.1 Å². The fraction of sp³-hybridized carbons (Fsp3) is 0.412. The smallest absolute Gasteiger partial charge is 0.258 e. The summed E-state index contributed by atoms with van der Waals surface area (Å²) in [6.45, 7) is 4.52. The Hall–Kier alpha value is -2.30. The lowest BCUT2D eigenvalue weighted by Gasteiger charge is -2.24. The van der Waals surface area contributed by atoms with Crippen LogP contribution in [-0.2, 0) is 0 Å². The molecule has 1 aliphatic rings. The quantitative estimate of drug-likeness (QED) is 0.873. The minimum absolute atomic E-state index is 0.00176. The lowest BCUT2D eigenvalue weighted by atomic mass is 10.0. The highest BCUT2D eigenvalue weighted by Crippen LogP contribution is 2.35. The molecule has 1 aromatic heterocycles. The Morgan fingerprint density at radius 3 is 2.91 bits per heavy atom. The molecular formula is C17H20N2O3. The van der Waals surface area contributed by atoms with Gasteiger partial charge in [0, 0.05) is 12.6 Å². The van der Waals surface area contributed by atoms with E-state index in [-0.39, 0.29) is 11.9 Å². The summed E-state index contributed by atoms with van der Waals surface area (Å²) in [5, 5.41) is 4.09. The molecule has 0 bridgehead atoms. The van der Waals surface area contributed by atoms with Crippen LogP contribution in [0.5, 0.6) is 5.75 Å². The monoisotopic (exact) mass is 300 g/mol. The van der Waals surface area contributed by atoms with Crippen LogP contribution in [0.3, 0.4) is 0 Å². The second kappa shape index (κ2) is 5.83. The number of likely N-dealkylation sites (tertiary alicyclic amines) is 1. The lowest BCUT2D eigenvalue weighted by molar-refractivity contribution is 0.0726. The SMILES string of the molecule is COc1cccc(C)c1C(=O)N1CCCC1c1cc(C)on1. The molecule has 1 saturated heterocycles. The molecule has 1 fully saturated rings. The molecule has 0 N–H and O–H groups in total. The Labute approximate surface area is 129 Å². The maximum Gasteiger partial charge on any atom is 0.258 e. The van der Waals surface area contributed by atoms with E-state index >= 15 is 0 Å². The molecule has 0 aliphatic carbocycles. The van der Waals surface area contributed by atoms with Crippen LogP contribution in [0.15, 0.2) is 28.8 Å². The number of carbonyl (C=O) groups excluding carboxylic acids is 1. The number of hydrogen-bond acceptors (Lipinski definition) is 4. The van der Waals surface area contributed by atoms with Crippen LogP contribution < -0.4 is 4.74 Å². The van der Waals surface area contributed by atoms with Gasteiger partial charge >= 0.3 is 0 Å². The highest BCUT2D eigenvalue weighted by molar-refractivity contribution is 5.98. The molecule has 1 atom stereocenters. The molecule has 2 aromatic rings. The van der Waals surface area contributed by atoms with Crippen molar-refractivity contribution < 1.29 is 14.1 Å². The van der Waals surface area contributed by atoms with Gasteiger partial charge in [-0.15, -0.1) is 0 Å². The van der Waals surface area contributed by atoms with Crippen molar-refractivity contribution in [1.29, 1.82) is 0 Å². The third-order valence-corrected chi connectivity index (χ3v) is 4.17. The van der Waals surface area contributed by atoms with Gasteiger partial charge < -0.3 is 14.2 Å². The number of aryl methyl sites for hydroxylation is 2. The molecule has 0 spiro atoms. The van der Waals surface area contributed by atoms with Gasteiger partial charge in [-0.25, -0.2) is 0 Å². The summed E-state index contributed by atoms with van der Waals surface area (Å²) in [4.78, 5) is 14.9. The van der Waals surface area contributed by atoms with Crippen molar-refractivity contribution in [3.8, 4) is 5.75 Å². The van der Waals surface area contributed by atoms with Crippen LogP contribution in [0.1, 0.15) is 46.3 Å². The molecule has 3 rings (SSSR count). The van der Waals surface area contributed by atoms with Crippen molar-refractivity contribution in [2.75, 3.05) is 13.7 Å². The fourth-order valence-electron chi connectivity index (χ4n) is 3.09. The summed E-state index contributed by atoms with van der Waals surface area (Å²) in [5.74, 6) is 1.38. The summed E-state index contributed by atoms with van der Waals surface area (Å²) in [6.07, 6.45) is 1.88. The van der Waals surface area contributed by atoms with E-state index in [4.69, 9.17) is 9.26 Å². The first kappa shape index (κ1) is 14.6. The normalized spacial score (nSPS) is 17.8. The van der Waals surface area contributed by atoms with Gasteiger partial charge in [0.1, 0.15) is 17.2 Å². The zero-order chi connectivity index (χ0) is 15.7. The van der Waals surface area contributed by atoms with Crippen LogP contribution in [0.4, 0.5) is 0 Å². The third kappa shape index (κ3) is 2.47. The summed E-state index contributed by atoms with van der Waals surface area (Å²) in [5.41, 5.74) is 2.39. The molecule has 0 radical (unpaired) electrons. The van der Waals surface area contributed by atoms with E-state index < -0.39 is 0 Å². The van der Waals surface area contributed by atoms with Gasteiger partial charge in [0.05, 0.1) is 18.7 Å². The molecule has 1 aromatic carbocycles. The molecule has 0 saturated carbocycles. The van der Waals surface area contributed by atoms with Crippen molar-refractivity contribution in [2.45, 2.75) is 32.7 Å². The van der Waals surface area contributed by atoms with Crippen molar-refractivity contribution in [2.24, 2.45) is 0 Å². The minimum atomic E-state index is -0.0192. The first-order valence-electron chi connectivity index (χ1n) is 7.49. The lowest BCUT2D eigenvalue weighted by Crippen LogP contribution is -2.31. The number of aromatic nitrogens is 1. The topological polar surface area (TPSA) is 55.6 Å². The van der Waals surface area contributed by atoms with E-state index in [0.717, 1.165) is 36.4 Å². The third-order valence-electron chi connectivity index (χ3n) is 4.17. The van der Waals surface area contributed by atoms with E-state index in [2.05, 4.69) is 5.16 Å². The van der Waals surface area contributed by atoms with Crippen LogP contribution in [0.2, 0.25) is 0 Å². The van der Waals surface area contributed by atoms with Gasteiger partial charge in [0.15, 0.2) is 0 Å². The zero-order valence-electron chi connectivity index (χ0n) is 13.1. The highest BCUT2D eigenvalue weighted by Gasteiger charge is 2.34. The highest BCUT2D eigenvalue weighted by atomic mass is 16.5. The standard InChI is InChI=1S/C17H20N2O3/c1-11-6-4-8-15(21-3)16(11)17(20)19-9-5-7-14(19)13-10-12(2)22-18-13/h4,6,8,10,14H,5,7,9H2,1-3H3. The molecule has 1 unspecified atom stereocenters. The predicted octanol–water partition coefficient (Wildman–Crippen LogP) is 3.28. The van der Waals surface area contributed by atoms with Crippen LogP contribution >= 0.6 is 0 Å². The summed E-state index contributed by atoms with van der Waals surface area (Å²) < 4.78 is 10.5. The number of hydrogen-bond donors (Lipinski definition) is 0. The average molecular weight is 300 g/mol. The maximum absolute atomic E-state index is 13.0. The Morgan fingerprint density at radius 2 is 2.23 bits per heavy atom. The van der Waals surface area contributed by atoms with Crippen LogP contribution in [0, 0.1) is 13.8 Å². The van der Waals surface area contributed by atoms with Gasteiger partial charge in [-0.05, 0) is 38.3 Å². The number of nitrogens with zero attached hydrogens (tertiary/aromatic N) is 2. The number of carbonyl (C=O) groups is 1. The minimum Gasteiger partial charge on any atom is -0.496 e. The Morgan fingerprint density at radius 1 is 1.41 bits per heavy atom. The fourth-order valence-corrected chi connectivity index (χ4v) is 3.09. The summed E-state index contributed by atoms with van der Waals surface area (Å²) in [6, 6.07) is 7.54. The van der Waals surface area contributed by atoms with Crippen LogP contribution in [-0.4, -0.2) is 29.6 Å². The predicted molar refractivity (Wildman–Crippen MR) is 82.0 cm³/mol. The average Bonchev–Trinajstić information content (AvgIpc) is 3.14. The van der Waals surface area contributed by atoms with E-state index in [1.165, 1.54) is 0 Å². The first-order valence-corrected chi connectivity index (χ1v) is 7.49. The molecule has 5 heteroatoms.